The van der Waals surface area contributed by atoms with Gasteiger partial charge in [-0.1, -0.05) is 37.3 Å². The van der Waals surface area contributed by atoms with Gasteiger partial charge in [-0.05, 0) is 135 Å². The summed E-state index contributed by atoms with van der Waals surface area (Å²) in [7, 11) is 0. The van der Waals surface area contributed by atoms with E-state index in [1.807, 2.05) is 110 Å². The fourth-order valence-corrected chi connectivity index (χ4v) is 9.87. The number of carbonyl (C=O) groups is 8. The van der Waals surface area contributed by atoms with Crippen molar-refractivity contribution in [2.75, 3.05) is 106 Å². The molecule has 7 saturated heterocycles. The fraction of sp³-hybridized carbons (Fsp3) is 0.397. The van der Waals surface area contributed by atoms with Gasteiger partial charge in [0, 0.05) is 110 Å². The maximum atomic E-state index is 11.8. The maximum Gasteiger partial charge on any atom is 0.414 e. The molecule has 23 heteroatoms. The number of nitrogens with zero attached hydrogens (tertiary/aromatic N) is 6. The second kappa shape index (κ2) is 31.2. The van der Waals surface area contributed by atoms with E-state index in [9.17, 15) is 38.4 Å². The Morgan fingerprint density at radius 3 is 1.30 bits per heavy atom. The highest BCUT2D eigenvalue weighted by atomic mass is 16.6. The number of aliphatic hydroxyl groups is 1. The van der Waals surface area contributed by atoms with Crippen molar-refractivity contribution in [1.29, 1.82) is 0 Å². The van der Waals surface area contributed by atoms with Crippen LogP contribution in [0.2, 0.25) is 0 Å². The Morgan fingerprint density at radius 2 is 0.942 bits per heavy atom. The number of hydrogen-bond acceptors (Lipinski definition) is 16. The van der Waals surface area contributed by atoms with E-state index in [1.165, 1.54) is 4.90 Å². The molecule has 6 N–H and O–H groups in total. The third-order valence-electron chi connectivity index (χ3n) is 14.6. The largest absolute Gasteiger partial charge is 0.463 e. The lowest BCUT2D eigenvalue weighted by Crippen LogP contribution is -2.27. The van der Waals surface area contributed by atoms with Crippen molar-refractivity contribution in [2.45, 2.75) is 96.1 Å². The van der Waals surface area contributed by atoms with Gasteiger partial charge in [0.2, 0.25) is 23.6 Å². The van der Waals surface area contributed by atoms with Gasteiger partial charge >= 0.3 is 24.2 Å². The quantitative estimate of drug-likeness (QED) is 0.0335. The van der Waals surface area contributed by atoms with Crippen LogP contribution in [0.5, 0.6) is 0 Å². The summed E-state index contributed by atoms with van der Waals surface area (Å²) in [4.78, 5) is 102. The molecule has 3 atom stereocenters. The molecule has 5 aromatic carbocycles. The van der Waals surface area contributed by atoms with E-state index in [0.29, 0.717) is 69.7 Å². The molecular weight excluding hydrogens is 1110 g/mol. The zero-order chi connectivity index (χ0) is 61.0. The molecule has 0 radical (unpaired) electrons. The van der Waals surface area contributed by atoms with Crippen LogP contribution in [0.4, 0.5) is 59.9 Å². The van der Waals surface area contributed by atoms with Crippen LogP contribution in [0, 0.1) is 0 Å². The molecule has 0 aliphatic carbocycles. The van der Waals surface area contributed by atoms with E-state index in [0.717, 1.165) is 105 Å². The Bertz CT molecular complexity index is 3000. The van der Waals surface area contributed by atoms with Crippen molar-refractivity contribution in [3.05, 3.63) is 133 Å². The zero-order valence-corrected chi connectivity index (χ0v) is 48.3. The van der Waals surface area contributed by atoms with Crippen molar-refractivity contribution in [2.24, 2.45) is 5.73 Å². The smallest absolute Gasteiger partial charge is 0.414 e. The molecule has 0 unspecified atom stereocenters. The first-order valence-electron chi connectivity index (χ1n) is 29.1. The molecule has 0 spiro atoms. The average molecular weight is 1180 g/mol. The molecule has 7 aliphatic rings. The zero-order valence-electron chi connectivity index (χ0n) is 48.3. The molecule has 12 rings (SSSR count). The van der Waals surface area contributed by atoms with E-state index in [-0.39, 0.29) is 61.1 Å². The highest BCUT2D eigenvalue weighted by Crippen LogP contribution is 2.30. The number of cyclic esters (lactones) is 2. The van der Waals surface area contributed by atoms with Crippen LogP contribution in [-0.2, 0) is 54.3 Å². The van der Waals surface area contributed by atoms with Gasteiger partial charge in [-0.15, -0.1) is 0 Å². The van der Waals surface area contributed by atoms with Crippen molar-refractivity contribution in [3.63, 3.8) is 0 Å². The average Bonchev–Trinajstić information content (AvgIpc) is 4.39. The first-order chi connectivity index (χ1) is 41.7. The van der Waals surface area contributed by atoms with Gasteiger partial charge in [-0.25, -0.2) is 14.4 Å². The highest BCUT2D eigenvalue weighted by Gasteiger charge is 2.34. The monoisotopic (exact) mass is 1180 g/mol. The second-order valence-corrected chi connectivity index (χ2v) is 21.0. The van der Waals surface area contributed by atoms with E-state index < -0.39 is 18.3 Å². The van der Waals surface area contributed by atoms with Crippen LogP contribution in [-0.4, -0.2) is 137 Å². The van der Waals surface area contributed by atoms with Gasteiger partial charge in [-0.2, -0.15) is 0 Å². The summed E-state index contributed by atoms with van der Waals surface area (Å²) in [5.74, 6) is 0.538. The van der Waals surface area contributed by atoms with Crippen LogP contribution < -0.4 is 46.2 Å². The lowest BCUT2D eigenvalue weighted by molar-refractivity contribution is -0.144. The molecule has 23 nitrogen and oxygen atoms in total. The number of nitrogens with one attached hydrogen (secondary N) is 1. The summed E-state index contributed by atoms with van der Waals surface area (Å²) in [6, 6.07) is 38.8. The first-order valence-corrected chi connectivity index (χ1v) is 29.1. The standard InChI is InChI=1S/C18H18N2O3.C14H17N3O3.C14H16N2O4.C10H12N2O.C7H12O3/c21-17-7-4-12-20(17)16-10-8-15(9-11-16)19-18(22)23-13-14-5-2-1-3-6-14;15-8-12-9-17(14(19)20-12)11-5-3-10(4-6-11)16-7-1-2-13(16)18;17-9-12-8-16(14(19)20-12)11-5-3-10(4-6-11)15-7-1-2-13(15)18;11-8-3-5-9(6-4-8)12-7-1-2-10(12)13;1-2-3-7(8)10-5-6-4-9-6/h1-3,5-6,8-11H,4,7,12-13H2,(H,19,22);3-6,12H,1-2,7-9,15H2;3-6,12,17H,1-2,7-9H2;3-6H,1-2,7,11H2;6H,2-5H2,1H3/t;2*12-;;6-/m.01.1/s1. The molecule has 0 bridgehead atoms. The predicted molar refractivity (Wildman–Crippen MR) is 324 cm³/mol. The summed E-state index contributed by atoms with van der Waals surface area (Å²) in [5, 5.41) is 11.7. The second-order valence-electron chi connectivity index (χ2n) is 21.0. The minimum atomic E-state index is -0.501. The molecule has 0 aromatic heterocycles. The lowest BCUT2D eigenvalue weighted by atomic mass is 10.2. The van der Waals surface area contributed by atoms with Crippen molar-refractivity contribution in [1.82, 2.24) is 0 Å². The van der Waals surface area contributed by atoms with Gasteiger partial charge in [0.15, 0.2) is 0 Å². The summed E-state index contributed by atoms with van der Waals surface area (Å²) in [5.41, 5.74) is 18.4. The van der Waals surface area contributed by atoms with Gasteiger partial charge in [-0.3, -0.25) is 39.1 Å². The Hall–Kier alpha value is -9.06. The molecule has 7 aliphatic heterocycles. The van der Waals surface area contributed by atoms with Gasteiger partial charge < -0.3 is 59.9 Å². The topological polar surface area (TPSA) is 290 Å². The van der Waals surface area contributed by atoms with Crippen LogP contribution in [0.1, 0.15) is 76.7 Å². The molecule has 7 fully saturated rings. The predicted octanol–water partition coefficient (Wildman–Crippen LogP) is 7.91. The third-order valence-corrected chi connectivity index (χ3v) is 14.6. The van der Waals surface area contributed by atoms with Gasteiger partial charge in [0.05, 0.1) is 26.3 Å². The van der Waals surface area contributed by atoms with E-state index in [1.54, 1.807) is 48.8 Å². The van der Waals surface area contributed by atoms with Gasteiger partial charge in [0.1, 0.15) is 31.5 Å². The molecular formula is C63H75N9O14. The Kier molecular flexibility index (Phi) is 22.8. The number of nitrogen functional groups attached to an aromatic ring is 1. The number of rotatable bonds is 15. The molecule has 5 aromatic rings. The Morgan fingerprint density at radius 1 is 0.547 bits per heavy atom. The highest BCUT2D eigenvalue weighted by molar-refractivity contribution is 5.98. The van der Waals surface area contributed by atoms with Crippen molar-refractivity contribution in [3.8, 4) is 0 Å². The van der Waals surface area contributed by atoms with E-state index in [4.69, 9.17) is 40.3 Å². The Balaban J connectivity index is 0.000000143. The lowest BCUT2D eigenvalue weighted by Gasteiger charge is -2.18. The van der Waals surface area contributed by atoms with Crippen LogP contribution in [0.3, 0.4) is 0 Å². The number of hydrogen-bond donors (Lipinski definition) is 4. The van der Waals surface area contributed by atoms with E-state index >= 15 is 0 Å². The molecule has 0 saturated carbocycles. The molecule has 86 heavy (non-hydrogen) atoms. The number of carbonyl (C=O) groups excluding carboxylic acids is 8. The minimum Gasteiger partial charge on any atom is -0.463 e. The van der Waals surface area contributed by atoms with Crippen LogP contribution in [0.25, 0.3) is 0 Å². The van der Waals surface area contributed by atoms with Gasteiger partial charge in [0.25, 0.3) is 0 Å². The summed E-state index contributed by atoms with van der Waals surface area (Å²) >= 11 is 0. The van der Waals surface area contributed by atoms with E-state index in [2.05, 4.69) is 5.32 Å². The number of benzene rings is 5. The van der Waals surface area contributed by atoms with Crippen LogP contribution >= 0.6 is 0 Å². The molecule has 456 valence electrons. The number of esters is 1. The minimum absolute atomic E-state index is 0.113. The summed E-state index contributed by atoms with van der Waals surface area (Å²) in [6.45, 7) is 7.43. The first kappa shape index (κ1) is 63.0. The molecule has 7 amide bonds. The number of nitrogens with two attached hydrogens (primary N) is 2. The van der Waals surface area contributed by atoms with Crippen LogP contribution in [0.15, 0.2) is 127 Å². The number of aliphatic hydroxyl groups excluding tert-OH is 1. The maximum absolute atomic E-state index is 11.8. The SMILES string of the molecule is CCCC(=O)OC[C@H]1CO1.NC[C@H]1CN(c2ccc(N3CCCC3=O)cc2)C(=O)O1.Nc1ccc(N2CCCC2=O)cc1.O=C(Nc1ccc(N2CCCC2=O)cc1)OCc1ccccc1.O=C1CCCN1c1ccc(N2C[C@H](CO)OC2=O)cc1. The Labute approximate surface area is 499 Å². The van der Waals surface area contributed by atoms with Crippen molar-refractivity contribution < 1.29 is 67.1 Å². The number of amides is 7. The summed E-state index contributed by atoms with van der Waals surface area (Å²) < 4.78 is 25.0. The number of anilines is 8. The normalized spacial score (nSPS) is 19.3. The number of ether oxygens (including phenoxy) is 5. The fourth-order valence-electron chi connectivity index (χ4n) is 9.87. The van der Waals surface area contributed by atoms with Crippen molar-refractivity contribution >= 4 is 93.4 Å². The number of epoxide rings is 1. The molecule has 7 heterocycles. The third kappa shape index (κ3) is 18.0. The summed E-state index contributed by atoms with van der Waals surface area (Å²) in [6.07, 6.45) is 5.65.